The molecule has 2 aliphatic rings. The summed E-state index contributed by atoms with van der Waals surface area (Å²) >= 11 is 7.70. The average Bonchev–Trinajstić information content (AvgIpc) is 2.83. The molecule has 0 radical (unpaired) electrons. The van der Waals surface area contributed by atoms with Crippen LogP contribution >= 0.6 is 23.4 Å². The number of aliphatic imine (C=N–C) groups is 1. The van der Waals surface area contributed by atoms with Crippen LogP contribution in [0.5, 0.6) is 0 Å². The number of benzene rings is 2. The Labute approximate surface area is 209 Å². The molecule has 1 saturated heterocycles. The number of fused-ring (bicyclic) bond motifs is 1. The molecule has 2 N–H and O–H groups in total. The number of thioether (sulfide) groups is 1. The van der Waals surface area contributed by atoms with E-state index < -0.39 is 5.41 Å². The Hall–Kier alpha value is -2.77. The van der Waals surface area contributed by atoms with Crippen molar-refractivity contribution in [2.24, 2.45) is 10.4 Å². The van der Waals surface area contributed by atoms with Gasteiger partial charge in [-0.05, 0) is 57.0 Å². The van der Waals surface area contributed by atoms with Gasteiger partial charge in [0.2, 0.25) is 5.91 Å². The van der Waals surface area contributed by atoms with Crippen LogP contribution in [0.3, 0.4) is 0 Å². The van der Waals surface area contributed by atoms with E-state index in [1.165, 1.54) is 0 Å². The SMILES string of the molecule is CC1=C(C(=O)Nc2ccccc2)C(c2cccc(NC(=O)C(C)(C)CCl)c2)N2CCCSC2=N1. The quantitative estimate of drug-likeness (QED) is 0.506. The van der Waals surface area contributed by atoms with E-state index in [1.807, 2.05) is 75.4 Å². The van der Waals surface area contributed by atoms with Gasteiger partial charge < -0.3 is 15.5 Å². The molecule has 2 aromatic carbocycles. The Bertz CT molecular complexity index is 1150. The maximum Gasteiger partial charge on any atom is 0.255 e. The molecule has 178 valence electrons. The Balaban J connectivity index is 1.71. The lowest BCUT2D eigenvalue weighted by molar-refractivity contribution is -0.123. The number of para-hydroxylation sites is 1. The standard InChI is InChI=1S/C26H29ClN4O2S/c1-17-21(23(32)29-19-10-5-4-6-11-19)22(31-13-8-14-34-25(31)28-17)18-9-7-12-20(15-18)30-24(33)26(2,3)16-27/h4-7,9-12,15,22H,8,13-14,16H2,1-3H3,(H,29,32)(H,30,33). The van der Waals surface area contributed by atoms with E-state index in [1.54, 1.807) is 11.8 Å². The first-order valence-electron chi connectivity index (χ1n) is 11.3. The van der Waals surface area contributed by atoms with Crippen molar-refractivity contribution in [3.8, 4) is 0 Å². The number of hydrogen-bond donors (Lipinski definition) is 2. The van der Waals surface area contributed by atoms with Crippen LogP contribution in [0.15, 0.2) is 70.9 Å². The Kier molecular flexibility index (Phi) is 7.33. The molecule has 4 rings (SSSR count). The number of carbonyl (C=O) groups is 2. The minimum Gasteiger partial charge on any atom is -0.340 e. The van der Waals surface area contributed by atoms with Crippen molar-refractivity contribution in [1.82, 2.24) is 4.90 Å². The predicted octanol–water partition coefficient (Wildman–Crippen LogP) is 5.65. The Morgan fingerprint density at radius 1 is 1.12 bits per heavy atom. The maximum atomic E-state index is 13.5. The number of hydrogen-bond acceptors (Lipinski definition) is 5. The summed E-state index contributed by atoms with van der Waals surface area (Å²) in [6.07, 6.45) is 1.01. The normalized spacial score (nSPS) is 18.2. The van der Waals surface area contributed by atoms with Crippen LogP contribution in [-0.2, 0) is 9.59 Å². The number of halogens is 1. The van der Waals surface area contributed by atoms with Crippen molar-refractivity contribution in [3.05, 3.63) is 71.4 Å². The number of allylic oxidation sites excluding steroid dienone is 1. The van der Waals surface area contributed by atoms with Gasteiger partial charge in [0.1, 0.15) is 0 Å². The fourth-order valence-electron chi connectivity index (χ4n) is 3.97. The summed E-state index contributed by atoms with van der Waals surface area (Å²) in [6, 6.07) is 16.8. The van der Waals surface area contributed by atoms with Gasteiger partial charge in [0.25, 0.3) is 5.91 Å². The molecule has 8 heteroatoms. The number of nitrogens with one attached hydrogen (secondary N) is 2. The average molecular weight is 497 g/mol. The molecule has 0 saturated carbocycles. The molecule has 0 aliphatic carbocycles. The van der Waals surface area contributed by atoms with Gasteiger partial charge >= 0.3 is 0 Å². The number of rotatable bonds is 6. The van der Waals surface area contributed by atoms with Crippen LogP contribution in [-0.4, -0.2) is 40.1 Å². The highest BCUT2D eigenvalue weighted by Crippen LogP contribution is 2.40. The smallest absolute Gasteiger partial charge is 0.255 e. The van der Waals surface area contributed by atoms with Gasteiger partial charge in [0, 0.05) is 29.6 Å². The Morgan fingerprint density at radius 2 is 1.85 bits per heavy atom. The highest BCUT2D eigenvalue weighted by Gasteiger charge is 2.37. The van der Waals surface area contributed by atoms with Gasteiger partial charge in [-0.1, -0.05) is 42.1 Å². The summed E-state index contributed by atoms with van der Waals surface area (Å²) in [5.41, 5.74) is 2.96. The van der Waals surface area contributed by atoms with Crippen LogP contribution in [0.4, 0.5) is 11.4 Å². The van der Waals surface area contributed by atoms with Gasteiger partial charge in [-0.25, -0.2) is 4.99 Å². The van der Waals surface area contributed by atoms with E-state index in [2.05, 4.69) is 15.5 Å². The van der Waals surface area contributed by atoms with E-state index in [0.717, 1.165) is 35.1 Å². The van der Waals surface area contributed by atoms with Crippen molar-refractivity contribution in [1.29, 1.82) is 0 Å². The van der Waals surface area contributed by atoms with Gasteiger partial charge in [-0.2, -0.15) is 0 Å². The molecule has 0 aromatic heterocycles. The highest BCUT2D eigenvalue weighted by atomic mass is 35.5. The second-order valence-corrected chi connectivity index (χ2v) is 10.4. The van der Waals surface area contributed by atoms with Gasteiger partial charge in [0.05, 0.1) is 22.7 Å². The van der Waals surface area contributed by atoms with Crippen molar-refractivity contribution in [2.75, 3.05) is 28.8 Å². The summed E-state index contributed by atoms with van der Waals surface area (Å²) < 4.78 is 0. The van der Waals surface area contributed by atoms with E-state index in [0.29, 0.717) is 17.0 Å². The van der Waals surface area contributed by atoms with Crippen molar-refractivity contribution in [3.63, 3.8) is 0 Å². The molecular weight excluding hydrogens is 468 g/mol. The van der Waals surface area contributed by atoms with E-state index >= 15 is 0 Å². The zero-order chi connectivity index (χ0) is 24.3. The third-order valence-electron chi connectivity index (χ3n) is 5.94. The molecule has 1 atom stereocenters. The van der Waals surface area contributed by atoms with Crippen molar-refractivity contribution in [2.45, 2.75) is 33.2 Å². The topological polar surface area (TPSA) is 73.8 Å². The molecule has 2 heterocycles. The second-order valence-electron chi connectivity index (χ2n) is 9.11. The third-order valence-corrected chi connectivity index (χ3v) is 7.69. The molecule has 1 fully saturated rings. The monoisotopic (exact) mass is 496 g/mol. The number of amidine groups is 1. The lowest BCUT2D eigenvalue weighted by Gasteiger charge is -2.41. The Morgan fingerprint density at radius 3 is 2.59 bits per heavy atom. The van der Waals surface area contributed by atoms with Crippen LogP contribution in [0.25, 0.3) is 0 Å². The van der Waals surface area contributed by atoms with Gasteiger partial charge in [-0.15, -0.1) is 11.6 Å². The zero-order valence-corrected chi connectivity index (χ0v) is 21.2. The van der Waals surface area contributed by atoms with Crippen molar-refractivity contribution < 1.29 is 9.59 Å². The highest BCUT2D eigenvalue weighted by molar-refractivity contribution is 8.13. The van der Waals surface area contributed by atoms with Crippen LogP contribution in [0.1, 0.15) is 38.8 Å². The van der Waals surface area contributed by atoms with Crippen LogP contribution in [0, 0.1) is 5.41 Å². The number of anilines is 2. The van der Waals surface area contributed by atoms with Gasteiger partial charge in [-0.3, -0.25) is 9.59 Å². The minimum atomic E-state index is -0.692. The van der Waals surface area contributed by atoms with Gasteiger partial charge in [0.15, 0.2) is 5.17 Å². The molecular formula is C26H29ClN4O2S. The third kappa shape index (κ3) is 5.15. The molecule has 6 nitrogen and oxygen atoms in total. The van der Waals surface area contributed by atoms with Crippen molar-refractivity contribution >= 4 is 51.7 Å². The molecule has 0 bridgehead atoms. The lowest BCUT2D eigenvalue weighted by atomic mass is 9.92. The molecule has 34 heavy (non-hydrogen) atoms. The molecule has 0 spiro atoms. The second kappa shape index (κ2) is 10.2. The minimum absolute atomic E-state index is 0.146. The molecule has 2 aromatic rings. The van der Waals surface area contributed by atoms with E-state index in [-0.39, 0.29) is 23.7 Å². The zero-order valence-electron chi connectivity index (χ0n) is 19.6. The summed E-state index contributed by atoms with van der Waals surface area (Å²) in [4.78, 5) is 33.2. The number of carbonyl (C=O) groups excluding carboxylic acids is 2. The fraction of sp³-hybridized carbons (Fsp3) is 0.346. The summed E-state index contributed by atoms with van der Waals surface area (Å²) in [6.45, 7) is 6.32. The summed E-state index contributed by atoms with van der Waals surface area (Å²) in [5, 5.41) is 6.95. The first kappa shape index (κ1) is 24.4. The maximum absolute atomic E-state index is 13.5. The summed E-state index contributed by atoms with van der Waals surface area (Å²) in [7, 11) is 0. The predicted molar refractivity (Wildman–Crippen MR) is 141 cm³/mol. The number of alkyl halides is 1. The fourth-order valence-corrected chi connectivity index (χ4v) is 5.11. The number of nitrogens with zero attached hydrogens (tertiary/aromatic N) is 2. The molecule has 2 aliphatic heterocycles. The largest absolute Gasteiger partial charge is 0.340 e. The molecule has 2 amide bonds. The lowest BCUT2D eigenvalue weighted by Crippen LogP contribution is -2.43. The first-order valence-corrected chi connectivity index (χ1v) is 12.8. The first-order chi connectivity index (χ1) is 16.3. The van der Waals surface area contributed by atoms with Crippen LogP contribution in [0.2, 0.25) is 0 Å². The van der Waals surface area contributed by atoms with E-state index in [4.69, 9.17) is 16.6 Å². The molecule has 1 unspecified atom stereocenters. The van der Waals surface area contributed by atoms with E-state index in [9.17, 15) is 9.59 Å². The number of amides is 2. The van der Waals surface area contributed by atoms with Crippen LogP contribution < -0.4 is 10.6 Å². The summed E-state index contributed by atoms with van der Waals surface area (Å²) in [5.74, 6) is 0.903.